The summed E-state index contributed by atoms with van der Waals surface area (Å²) >= 11 is 0. The molecule has 0 atom stereocenters. The van der Waals surface area contributed by atoms with Gasteiger partial charge in [-0.25, -0.2) is 0 Å². The van der Waals surface area contributed by atoms with Gasteiger partial charge in [0.15, 0.2) is 0 Å². The highest BCUT2D eigenvalue weighted by Crippen LogP contribution is 2.44. The minimum Gasteiger partial charge on any atom is -0.403 e. The molecule has 0 spiro atoms. The number of Topliss-reactive ketones (excluding diaryl/α,β-unsaturated/α-hetero) is 1. The minimum atomic E-state index is -0.203. The predicted octanol–water partition coefficient (Wildman–Crippen LogP) is 5.67. The Morgan fingerprint density at radius 3 is 1.52 bits per heavy atom. The van der Waals surface area contributed by atoms with Crippen molar-refractivity contribution in [3.63, 3.8) is 0 Å². The van der Waals surface area contributed by atoms with Gasteiger partial charge in [-0.05, 0) is 39.4 Å². The summed E-state index contributed by atoms with van der Waals surface area (Å²) in [5.74, 6) is 0.384. The Hall–Kier alpha value is -0.345. The molecular formula is C19H39BO3. The number of carbonyl (C=O) groups excluding carboxylic acids is 1. The van der Waals surface area contributed by atoms with Gasteiger partial charge in [-0.1, -0.05) is 54.9 Å². The fourth-order valence-electron chi connectivity index (χ4n) is 1.91. The highest BCUT2D eigenvalue weighted by Gasteiger charge is 2.54. The van der Waals surface area contributed by atoms with E-state index in [0.717, 1.165) is 19.3 Å². The van der Waals surface area contributed by atoms with Crippen LogP contribution in [0.5, 0.6) is 0 Å². The fourth-order valence-corrected chi connectivity index (χ4v) is 1.91. The van der Waals surface area contributed by atoms with E-state index in [1.165, 1.54) is 0 Å². The van der Waals surface area contributed by atoms with Gasteiger partial charge in [0.05, 0.1) is 11.2 Å². The van der Waals surface area contributed by atoms with Crippen LogP contribution in [0.2, 0.25) is 5.31 Å². The number of carbonyl (C=O) groups is 1. The van der Waals surface area contributed by atoms with Gasteiger partial charge in [0.25, 0.3) is 0 Å². The Kier molecular flexibility index (Phi) is 7.58. The second-order valence-electron chi connectivity index (χ2n) is 9.73. The van der Waals surface area contributed by atoms with Crippen molar-refractivity contribution in [2.75, 3.05) is 0 Å². The zero-order valence-electron chi connectivity index (χ0n) is 17.4. The van der Waals surface area contributed by atoms with Crippen molar-refractivity contribution in [1.29, 1.82) is 0 Å². The van der Waals surface area contributed by atoms with Crippen molar-refractivity contribution >= 4 is 12.9 Å². The lowest BCUT2D eigenvalue weighted by Gasteiger charge is -2.32. The maximum Gasteiger partial charge on any atom is 0.463 e. The van der Waals surface area contributed by atoms with Crippen LogP contribution in [0.4, 0.5) is 0 Å². The average Bonchev–Trinajstić information content (AvgIpc) is 2.54. The van der Waals surface area contributed by atoms with E-state index in [-0.39, 0.29) is 29.0 Å². The lowest BCUT2D eigenvalue weighted by molar-refractivity contribution is -0.126. The van der Waals surface area contributed by atoms with Crippen molar-refractivity contribution in [1.82, 2.24) is 0 Å². The zero-order valence-corrected chi connectivity index (χ0v) is 17.4. The maximum absolute atomic E-state index is 11.2. The van der Waals surface area contributed by atoms with Gasteiger partial charge in [0.1, 0.15) is 5.78 Å². The van der Waals surface area contributed by atoms with E-state index < -0.39 is 0 Å². The average molecular weight is 326 g/mol. The number of hydrogen-bond donors (Lipinski definition) is 0. The molecule has 0 aliphatic carbocycles. The molecule has 0 radical (unpaired) electrons. The van der Waals surface area contributed by atoms with Gasteiger partial charge < -0.3 is 9.31 Å². The lowest BCUT2D eigenvalue weighted by Crippen LogP contribution is -2.41. The summed E-state index contributed by atoms with van der Waals surface area (Å²) in [6.07, 6.45) is 2.90. The van der Waals surface area contributed by atoms with E-state index in [4.69, 9.17) is 9.31 Å². The molecule has 23 heavy (non-hydrogen) atoms. The van der Waals surface area contributed by atoms with Crippen LogP contribution in [-0.2, 0) is 14.1 Å². The monoisotopic (exact) mass is 326 g/mol. The number of unbranched alkanes of at least 4 members (excludes halogenated alkanes) is 1. The standard InChI is InChI=1S/C10H21BO2.C9H18O/c1-8(2,3)11-12-9(4,5)10(6,7)13-11;1-5-6-7-8(10)9(2,3)4/h1-7H3;5-7H2,1-4H3. The number of ketones is 1. The van der Waals surface area contributed by atoms with Crippen LogP contribution in [0, 0.1) is 5.41 Å². The first-order chi connectivity index (χ1) is 10.0. The van der Waals surface area contributed by atoms with Gasteiger partial charge in [-0.3, -0.25) is 4.79 Å². The largest absolute Gasteiger partial charge is 0.463 e. The molecule has 136 valence electrons. The summed E-state index contributed by atoms with van der Waals surface area (Å²) < 4.78 is 11.8. The molecule has 0 bridgehead atoms. The predicted molar refractivity (Wildman–Crippen MR) is 99.8 cm³/mol. The molecule has 0 N–H and O–H groups in total. The smallest absolute Gasteiger partial charge is 0.403 e. The van der Waals surface area contributed by atoms with E-state index in [9.17, 15) is 4.79 Å². The molecule has 0 aromatic rings. The summed E-state index contributed by atoms with van der Waals surface area (Å²) in [5.41, 5.74) is -0.537. The Morgan fingerprint density at radius 2 is 1.30 bits per heavy atom. The topological polar surface area (TPSA) is 35.5 Å². The SMILES string of the molecule is CC(C)(C)B1OC(C)(C)C(C)(C)O1.CCCCC(=O)C(C)(C)C. The van der Waals surface area contributed by atoms with Gasteiger partial charge in [0, 0.05) is 11.8 Å². The van der Waals surface area contributed by atoms with Crippen molar-refractivity contribution in [3.05, 3.63) is 0 Å². The minimum absolute atomic E-state index is 0.0467. The Labute approximate surface area is 145 Å². The van der Waals surface area contributed by atoms with Gasteiger partial charge in [0.2, 0.25) is 0 Å². The summed E-state index contributed by atoms with van der Waals surface area (Å²) in [5, 5.41) is 0.0467. The normalized spacial score (nSPS) is 20.0. The van der Waals surface area contributed by atoms with Crippen molar-refractivity contribution in [2.45, 2.75) is 112 Å². The maximum atomic E-state index is 11.2. The lowest BCUT2D eigenvalue weighted by atomic mass is 9.61. The van der Waals surface area contributed by atoms with Crippen LogP contribution in [0.3, 0.4) is 0 Å². The molecule has 1 saturated heterocycles. The second-order valence-corrected chi connectivity index (χ2v) is 9.73. The Morgan fingerprint density at radius 1 is 0.913 bits per heavy atom. The fraction of sp³-hybridized carbons (Fsp3) is 0.947. The highest BCUT2D eigenvalue weighted by molar-refractivity contribution is 6.49. The van der Waals surface area contributed by atoms with E-state index >= 15 is 0 Å². The number of rotatable bonds is 3. The van der Waals surface area contributed by atoms with E-state index in [1.807, 2.05) is 20.8 Å². The molecule has 1 heterocycles. The summed E-state index contributed by atoms with van der Waals surface area (Å²) in [6, 6.07) is 0. The molecule has 4 heteroatoms. The summed E-state index contributed by atoms with van der Waals surface area (Å²) in [4.78, 5) is 11.2. The van der Waals surface area contributed by atoms with Crippen LogP contribution in [0.1, 0.15) is 95.4 Å². The summed E-state index contributed by atoms with van der Waals surface area (Å²) in [6.45, 7) is 22.8. The molecule has 0 unspecified atom stereocenters. The number of hydrogen-bond acceptors (Lipinski definition) is 3. The van der Waals surface area contributed by atoms with Crippen LogP contribution in [-0.4, -0.2) is 24.1 Å². The first-order valence-corrected chi connectivity index (χ1v) is 8.93. The third kappa shape index (κ3) is 6.97. The molecular weight excluding hydrogens is 287 g/mol. The molecule has 1 aliphatic rings. The highest BCUT2D eigenvalue weighted by atomic mass is 16.7. The van der Waals surface area contributed by atoms with Gasteiger partial charge >= 0.3 is 7.12 Å². The van der Waals surface area contributed by atoms with Crippen molar-refractivity contribution in [2.24, 2.45) is 5.41 Å². The molecule has 0 aromatic heterocycles. The van der Waals surface area contributed by atoms with Crippen molar-refractivity contribution in [3.8, 4) is 0 Å². The Bertz CT molecular complexity index is 370. The Balaban J connectivity index is 0.000000438. The zero-order chi connectivity index (χ0) is 18.7. The van der Waals surface area contributed by atoms with E-state index in [0.29, 0.717) is 5.78 Å². The second kappa shape index (κ2) is 7.69. The molecule has 0 saturated carbocycles. The van der Waals surface area contributed by atoms with E-state index in [1.54, 1.807) is 0 Å². The molecule has 0 aromatic carbocycles. The summed E-state index contributed by atoms with van der Waals surface area (Å²) in [7, 11) is -0.0995. The molecule has 3 nitrogen and oxygen atoms in total. The molecule has 1 aliphatic heterocycles. The molecule has 1 fully saturated rings. The van der Waals surface area contributed by atoms with Crippen molar-refractivity contribution < 1.29 is 14.1 Å². The van der Waals surface area contributed by atoms with Crippen LogP contribution in [0.25, 0.3) is 0 Å². The third-order valence-electron chi connectivity index (χ3n) is 4.55. The molecule has 0 amide bonds. The molecule has 1 rings (SSSR count). The van der Waals surface area contributed by atoms with Crippen LogP contribution >= 0.6 is 0 Å². The third-order valence-corrected chi connectivity index (χ3v) is 4.55. The van der Waals surface area contributed by atoms with E-state index in [2.05, 4.69) is 55.4 Å². The first-order valence-electron chi connectivity index (χ1n) is 8.93. The van der Waals surface area contributed by atoms with Crippen LogP contribution in [0.15, 0.2) is 0 Å². The first kappa shape index (κ1) is 22.7. The van der Waals surface area contributed by atoms with Gasteiger partial charge in [-0.2, -0.15) is 0 Å². The quantitative estimate of drug-likeness (QED) is 0.627. The van der Waals surface area contributed by atoms with Crippen LogP contribution < -0.4 is 0 Å². The van der Waals surface area contributed by atoms with Gasteiger partial charge in [-0.15, -0.1) is 0 Å².